The van der Waals surface area contributed by atoms with E-state index in [4.69, 9.17) is 4.74 Å². The Morgan fingerprint density at radius 2 is 1.92 bits per heavy atom. The molecule has 130 valence electrons. The van der Waals surface area contributed by atoms with Crippen molar-refractivity contribution in [1.29, 1.82) is 0 Å². The molecular formula is C20H28N2O2. The SMILES string of the molecule is COCCN(Cc1cccn1Cc1ccc(C)cc1)C(=O)C(C)C. The number of hydrogen-bond acceptors (Lipinski definition) is 2. The first-order valence-corrected chi connectivity index (χ1v) is 8.48. The van der Waals surface area contributed by atoms with Gasteiger partial charge >= 0.3 is 0 Å². The standard InChI is InChI=1S/C20H28N2O2/c1-16(2)20(23)22(12-13-24-4)15-19-6-5-11-21(19)14-18-9-7-17(3)8-10-18/h5-11,16H,12-15H2,1-4H3. The fourth-order valence-electron chi connectivity index (χ4n) is 2.67. The van der Waals surface area contributed by atoms with Crippen LogP contribution in [-0.4, -0.2) is 35.6 Å². The van der Waals surface area contributed by atoms with E-state index in [9.17, 15) is 4.79 Å². The summed E-state index contributed by atoms with van der Waals surface area (Å²) in [6, 6.07) is 12.7. The highest BCUT2D eigenvalue weighted by Crippen LogP contribution is 2.13. The van der Waals surface area contributed by atoms with Gasteiger partial charge in [0.2, 0.25) is 5.91 Å². The normalized spacial score (nSPS) is 11.0. The average molecular weight is 328 g/mol. The van der Waals surface area contributed by atoms with E-state index in [1.54, 1.807) is 7.11 Å². The Morgan fingerprint density at radius 3 is 2.54 bits per heavy atom. The molecule has 1 aromatic carbocycles. The fraction of sp³-hybridized carbons (Fsp3) is 0.450. The average Bonchev–Trinajstić information content (AvgIpc) is 2.99. The van der Waals surface area contributed by atoms with E-state index in [-0.39, 0.29) is 11.8 Å². The number of hydrogen-bond donors (Lipinski definition) is 0. The molecule has 1 heterocycles. The lowest BCUT2D eigenvalue weighted by atomic mass is 10.1. The van der Waals surface area contributed by atoms with Crippen LogP contribution in [0.1, 0.15) is 30.7 Å². The Balaban J connectivity index is 2.11. The molecule has 4 nitrogen and oxygen atoms in total. The third-order valence-electron chi connectivity index (χ3n) is 4.12. The van der Waals surface area contributed by atoms with E-state index in [0.29, 0.717) is 19.7 Å². The van der Waals surface area contributed by atoms with Gasteiger partial charge in [-0.05, 0) is 24.6 Å². The van der Waals surface area contributed by atoms with E-state index in [1.807, 2.05) is 24.8 Å². The van der Waals surface area contributed by atoms with E-state index < -0.39 is 0 Å². The Bertz CT molecular complexity index is 644. The van der Waals surface area contributed by atoms with Gasteiger partial charge in [0.05, 0.1) is 13.2 Å². The van der Waals surface area contributed by atoms with Crippen molar-refractivity contribution in [2.24, 2.45) is 5.92 Å². The van der Waals surface area contributed by atoms with Crippen molar-refractivity contribution in [3.8, 4) is 0 Å². The summed E-state index contributed by atoms with van der Waals surface area (Å²) in [5.41, 5.74) is 3.66. The number of carbonyl (C=O) groups is 1. The highest BCUT2D eigenvalue weighted by Gasteiger charge is 2.18. The number of benzene rings is 1. The monoisotopic (exact) mass is 328 g/mol. The van der Waals surface area contributed by atoms with Gasteiger partial charge in [0, 0.05) is 38.0 Å². The van der Waals surface area contributed by atoms with Crippen LogP contribution >= 0.6 is 0 Å². The smallest absolute Gasteiger partial charge is 0.225 e. The summed E-state index contributed by atoms with van der Waals surface area (Å²) in [6.45, 7) is 8.56. The lowest BCUT2D eigenvalue weighted by Gasteiger charge is -2.25. The minimum Gasteiger partial charge on any atom is -0.383 e. The van der Waals surface area contributed by atoms with Crippen molar-refractivity contribution in [1.82, 2.24) is 9.47 Å². The second-order valence-corrected chi connectivity index (χ2v) is 6.52. The van der Waals surface area contributed by atoms with Crippen LogP contribution in [0.5, 0.6) is 0 Å². The summed E-state index contributed by atoms with van der Waals surface area (Å²) < 4.78 is 7.36. The van der Waals surface area contributed by atoms with Crippen LogP contribution in [0.4, 0.5) is 0 Å². The minimum atomic E-state index is -0.0117. The zero-order valence-electron chi connectivity index (χ0n) is 15.2. The molecule has 1 amide bonds. The van der Waals surface area contributed by atoms with Gasteiger partial charge < -0.3 is 14.2 Å². The molecule has 0 bridgehead atoms. The molecule has 0 atom stereocenters. The van der Waals surface area contributed by atoms with Gasteiger partial charge in [-0.3, -0.25) is 4.79 Å². The first kappa shape index (κ1) is 18.3. The summed E-state index contributed by atoms with van der Waals surface area (Å²) >= 11 is 0. The number of aryl methyl sites for hydroxylation is 1. The molecule has 0 N–H and O–H groups in total. The molecule has 0 aliphatic rings. The number of amides is 1. The van der Waals surface area contributed by atoms with E-state index in [0.717, 1.165) is 12.2 Å². The highest BCUT2D eigenvalue weighted by molar-refractivity contribution is 5.78. The van der Waals surface area contributed by atoms with Crippen molar-refractivity contribution in [2.75, 3.05) is 20.3 Å². The van der Waals surface area contributed by atoms with Gasteiger partial charge in [0.15, 0.2) is 0 Å². The Hall–Kier alpha value is -2.07. The second-order valence-electron chi connectivity index (χ2n) is 6.52. The van der Waals surface area contributed by atoms with Crippen LogP contribution in [0, 0.1) is 12.8 Å². The molecule has 0 saturated heterocycles. The quantitative estimate of drug-likeness (QED) is 0.743. The molecule has 4 heteroatoms. The molecule has 0 spiro atoms. The molecule has 0 saturated carbocycles. The van der Waals surface area contributed by atoms with Crippen molar-refractivity contribution in [3.05, 3.63) is 59.4 Å². The third-order valence-corrected chi connectivity index (χ3v) is 4.12. The summed E-state index contributed by atoms with van der Waals surface area (Å²) in [5, 5.41) is 0. The maximum absolute atomic E-state index is 12.4. The van der Waals surface area contributed by atoms with E-state index in [1.165, 1.54) is 11.1 Å². The molecule has 2 rings (SSSR count). The topological polar surface area (TPSA) is 34.5 Å². The lowest BCUT2D eigenvalue weighted by Crippen LogP contribution is -2.36. The predicted octanol–water partition coefficient (Wildman–Crippen LogP) is 3.48. The summed E-state index contributed by atoms with van der Waals surface area (Å²) in [5.74, 6) is 0.150. The number of methoxy groups -OCH3 is 1. The van der Waals surface area contributed by atoms with E-state index in [2.05, 4.69) is 48.0 Å². The van der Waals surface area contributed by atoms with Crippen molar-refractivity contribution < 1.29 is 9.53 Å². The molecule has 0 fully saturated rings. The van der Waals surface area contributed by atoms with Crippen molar-refractivity contribution in [3.63, 3.8) is 0 Å². The predicted molar refractivity (Wildman–Crippen MR) is 96.8 cm³/mol. The maximum atomic E-state index is 12.4. The zero-order valence-corrected chi connectivity index (χ0v) is 15.2. The van der Waals surface area contributed by atoms with Gasteiger partial charge in [0.25, 0.3) is 0 Å². The third kappa shape index (κ3) is 4.96. The minimum absolute atomic E-state index is 0.0117. The molecule has 0 radical (unpaired) electrons. The first-order valence-electron chi connectivity index (χ1n) is 8.48. The summed E-state index contributed by atoms with van der Waals surface area (Å²) in [7, 11) is 1.66. The number of carbonyl (C=O) groups excluding carboxylic acids is 1. The van der Waals surface area contributed by atoms with Crippen LogP contribution in [0.15, 0.2) is 42.6 Å². The summed E-state index contributed by atoms with van der Waals surface area (Å²) in [6.07, 6.45) is 2.07. The molecule has 0 unspecified atom stereocenters. The van der Waals surface area contributed by atoms with Gasteiger partial charge in [-0.1, -0.05) is 43.7 Å². The number of aromatic nitrogens is 1. The van der Waals surface area contributed by atoms with Crippen LogP contribution in [-0.2, 0) is 22.6 Å². The van der Waals surface area contributed by atoms with Crippen LogP contribution < -0.4 is 0 Å². The number of nitrogens with zero attached hydrogens (tertiary/aromatic N) is 2. The maximum Gasteiger partial charge on any atom is 0.225 e. The number of rotatable bonds is 8. The van der Waals surface area contributed by atoms with Crippen LogP contribution in [0.25, 0.3) is 0 Å². The second kappa shape index (κ2) is 8.69. The molecule has 24 heavy (non-hydrogen) atoms. The van der Waals surface area contributed by atoms with Gasteiger partial charge in [-0.2, -0.15) is 0 Å². The Morgan fingerprint density at radius 1 is 1.21 bits per heavy atom. The van der Waals surface area contributed by atoms with Gasteiger partial charge in [-0.25, -0.2) is 0 Å². The van der Waals surface area contributed by atoms with Crippen molar-refractivity contribution >= 4 is 5.91 Å². The van der Waals surface area contributed by atoms with Gasteiger partial charge in [-0.15, -0.1) is 0 Å². The zero-order chi connectivity index (χ0) is 17.5. The molecule has 1 aromatic heterocycles. The molecular weight excluding hydrogens is 300 g/mol. The molecule has 0 aliphatic heterocycles. The highest BCUT2D eigenvalue weighted by atomic mass is 16.5. The molecule has 0 aliphatic carbocycles. The summed E-state index contributed by atoms with van der Waals surface area (Å²) in [4.78, 5) is 14.3. The van der Waals surface area contributed by atoms with Gasteiger partial charge in [0.1, 0.15) is 0 Å². The largest absolute Gasteiger partial charge is 0.383 e. The fourth-order valence-corrected chi connectivity index (χ4v) is 2.67. The van der Waals surface area contributed by atoms with Crippen LogP contribution in [0.2, 0.25) is 0 Å². The van der Waals surface area contributed by atoms with Crippen molar-refractivity contribution in [2.45, 2.75) is 33.9 Å². The first-order chi connectivity index (χ1) is 11.5. The number of ether oxygens (including phenoxy) is 1. The van der Waals surface area contributed by atoms with Crippen LogP contribution in [0.3, 0.4) is 0 Å². The van der Waals surface area contributed by atoms with E-state index >= 15 is 0 Å². The Labute approximate surface area is 145 Å². The Kier molecular flexibility index (Phi) is 6.62. The lowest BCUT2D eigenvalue weighted by molar-refractivity contribution is -0.135. The molecule has 2 aromatic rings.